The van der Waals surface area contributed by atoms with Gasteiger partial charge in [-0.3, -0.25) is 4.79 Å². The van der Waals surface area contributed by atoms with E-state index < -0.39 is 23.8 Å². The van der Waals surface area contributed by atoms with E-state index in [1.165, 1.54) is 0 Å². The summed E-state index contributed by atoms with van der Waals surface area (Å²) >= 11 is 0. The summed E-state index contributed by atoms with van der Waals surface area (Å²) in [5.41, 5.74) is 3.17. The first-order valence-corrected chi connectivity index (χ1v) is 4.18. The fourth-order valence-corrected chi connectivity index (χ4v) is 0.777. The van der Waals surface area contributed by atoms with Gasteiger partial charge in [0.15, 0.2) is 0 Å². The second-order valence-electron chi connectivity index (χ2n) is 2.92. The predicted octanol–water partition coefficient (Wildman–Crippen LogP) is -3.81. The van der Waals surface area contributed by atoms with E-state index in [0.717, 1.165) is 6.08 Å². The Bertz CT molecular complexity index is 357. The van der Waals surface area contributed by atoms with Gasteiger partial charge in [0.05, 0.1) is 5.97 Å². The van der Waals surface area contributed by atoms with Gasteiger partial charge >= 0.3 is 5.97 Å². The summed E-state index contributed by atoms with van der Waals surface area (Å²) < 4.78 is 0. The Kier molecular flexibility index (Phi) is 5.50. The van der Waals surface area contributed by atoms with Gasteiger partial charge in [-0.15, -0.1) is 6.26 Å². The van der Waals surface area contributed by atoms with Crippen molar-refractivity contribution >= 4 is 17.7 Å². The molecule has 16 heavy (non-hydrogen) atoms. The Hall–Kier alpha value is -2.15. The zero-order valence-corrected chi connectivity index (χ0v) is 8.21. The zero-order valence-electron chi connectivity index (χ0n) is 8.21. The monoisotopic (exact) mass is 228 g/mol. The van der Waals surface area contributed by atoms with Crippen molar-refractivity contribution in [1.29, 1.82) is 0 Å². The fourth-order valence-electron chi connectivity index (χ4n) is 0.777. The third-order valence-electron chi connectivity index (χ3n) is 1.63. The largest absolute Gasteiger partial charge is 0.878 e. The molecule has 0 amide bonds. The number of aliphatic carboxylic acids is 2. The number of carboxylic acid groups (broad SMARTS) is 2. The van der Waals surface area contributed by atoms with Crippen molar-refractivity contribution in [2.75, 3.05) is 0 Å². The van der Waals surface area contributed by atoms with Crippen LogP contribution in [-0.4, -0.2) is 28.9 Å². The fraction of sp³-hybridized carbons (Fsp3) is 0.222. The molecule has 0 bridgehead atoms. The van der Waals surface area contributed by atoms with Gasteiger partial charge in [-0.25, -0.2) is 4.79 Å². The van der Waals surface area contributed by atoms with Crippen LogP contribution in [0.25, 0.3) is 0 Å². The second-order valence-corrected chi connectivity index (χ2v) is 2.92. The highest BCUT2D eigenvalue weighted by molar-refractivity contribution is 6.37. The maximum absolute atomic E-state index is 10.6. The number of hydrogen-bond donors (Lipinski definition) is 2. The van der Waals surface area contributed by atoms with Crippen LogP contribution >= 0.6 is 0 Å². The Labute approximate surface area is 90.5 Å². The highest BCUT2D eigenvalue weighted by Gasteiger charge is 2.09. The van der Waals surface area contributed by atoms with Crippen LogP contribution in [0, 0.1) is 0 Å². The molecule has 0 aromatic rings. The summed E-state index contributed by atoms with van der Waals surface area (Å²) in [6, 6.07) is -1.13. The molecule has 0 radical (unpaired) electrons. The summed E-state index contributed by atoms with van der Waals surface area (Å²) in [7, 11) is 0. The van der Waals surface area contributed by atoms with Gasteiger partial charge in [-0.2, -0.15) is 0 Å². The topological polar surface area (TPSA) is 145 Å². The molecule has 0 aromatic heterocycles. The molecule has 0 aliphatic carbocycles. The number of ketones is 1. The number of carbonyl (C=O) groups is 3. The van der Waals surface area contributed by atoms with Gasteiger partial charge in [0.2, 0.25) is 0 Å². The minimum Gasteiger partial charge on any atom is -0.878 e. The second kappa shape index (κ2) is 6.36. The normalized spacial score (nSPS) is 13.7. The standard InChI is InChI=1S/C9H11NO6/c10-6(8(13)14)3-5(4-11)1-2-7(12)9(15)16/h1-2,4,6,11H,3,10H2,(H,13,14)(H,15,16)/p-1/b2-1+,5-4+/t6-/m0/s1. The van der Waals surface area contributed by atoms with Crippen LogP contribution in [0.2, 0.25) is 0 Å². The number of allylic oxidation sites excluding steroid dienone is 1. The average molecular weight is 228 g/mol. The summed E-state index contributed by atoms with van der Waals surface area (Å²) in [6.45, 7) is 0. The van der Waals surface area contributed by atoms with Gasteiger partial charge in [0.1, 0.15) is 6.04 Å². The lowest BCUT2D eigenvalue weighted by atomic mass is 10.1. The molecule has 7 nitrogen and oxygen atoms in total. The van der Waals surface area contributed by atoms with E-state index in [1.807, 2.05) is 0 Å². The van der Waals surface area contributed by atoms with Crippen LogP contribution in [0.4, 0.5) is 0 Å². The summed E-state index contributed by atoms with van der Waals surface area (Å²) in [5, 5.41) is 29.0. The lowest BCUT2D eigenvalue weighted by Gasteiger charge is -2.11. The molecule has 4 N–H and O–H groups in total. The van der Waals surface area contributed by atoms with Gasteiger partial charge in [0.25, 0.3) is 5.78 Å². The van der Waals surface area contributed by atoms with Crippen molar-refractivity contribution in [2.24, 2.45) is 0 Å². The molecule has 0 saturated carbocycles. The molecule has 0 fully saturated rings. The number of carbonyl (C=O) groups excluding carboxylic acids is 2. The molecule has 7 heteroatoms. The van der Waals surface area contributed by atoms with E-state index in [1.54, 1.807) is 0 Å². The first kappa shape index (κ1) is 13.8. The van der Waals surface area contributed by atoms with Crippen molar-refractivity contribution < 1.29 is 35.4 Å². The average Bonchev–Trinajstić information content (AvgIpc) is 2.22. The molecule has 1 atom stereocenters. The maximum Gasteiger partial charge on any atom is 0.376 e. The van der Waals surface area contributed by atoms with Crippen molar-refractivity contribution in [1.82, 2.24) is 0 Å². The smallest absolute Gasteiger partial charge is 0.376 e. The third kappa shape index (κ3) is 4.91. The van der Waals surface area contributed by atoms with E-state index in [4.69, 9.17) is 5.11 Å². The van der Waals surface area contributed by atoms with Crippen LogP contribution in [0.3, 0.4) is 0 Å². The Morgan fingerprint density at radius 2 is 1.88 bits per heavy atom. The minimum absolute atomic E-state index is 0.0428. The van der Waals surface area contributed by atoms with Crippen LogP contribution in [0.5, 0.6) is 0 Å². The van der Waals surface area contributed by atoms with Crippen LogP contribution in [0.1, 0.15) is 6.42 Å². The lowest BCUT2D eigenvalue weighted by Crippen LogP contribution is -2.68. The highest BCUT2D eigenvalue weighted by atomic mass is 16.4. The van der Waals surface area contributed by atoms with E-state index in [0.29, 0.717) is 12.3 Å². The van der Waals surface area contributed by atoms with E-state index in [2.05, 4.69) is 5.73 Å². The van der Waals surface area contributed by atoms with Crippen LogP contribution < -0.4 is 15.9 Å². The molecule has 0 aliphatic rings. The summed E-state index contributed by atoms with van der Waals surface area (Å²) in [4.78, 5) is 31.0. The first-order valence-electron chi connectivity index (χ1n) is 4.18. The van der Waals surface area contributed by atoms with Crippen LogP contribution in [-0.2, 0) is 14.4 Å². The number of hydrogen-bond acceptors (Lipinski definition) is 5. The molecule has 0 unspecified atom stereocenters. The van der Waals surface area contributed by atoms with E-state index in [9.17, 15) is 24.6 Å². The van der Waals surface area contributed by atoms with Crippen molar-refractivity contribution in [3.63, 3.8) is 0 Å². The van der Waals surface area contributed by atoms with Crippen molar-refractivity contribution in [3.8, 4) is 0 Å². The lowest BCUT2D eigenvalue weighted by molar-refractivity contribution is -0.437. The number of quaternary nitrogens is 1. The van der Waals surface area contributed by atoms with E-state index >= 15 is 0 Å². The Morgan fingerprint density at radius 1 is 1.31 bits per heavy atom. The molecule has 0 rings (SSSR count). The molecular formula is C9H10NO6-. The SMILES string of the molecule is [NH3+][C@@H](CC(=C/[O-])/C=C/C(=O)C(=O)O)C(=O)[O-]. The quantitative estimate of drug-likeness (QED) is 0.206. The maximum atomic E-state index is 10.6. The molecule has 0 heterocycles. The van der Waals surface area contributed by atoms with E-state index in [-0.39, 0.29) is 12.0 Å². The molecule has 88 valence electrons. The van der Waals surface area contributed by atoms with Gasteiger partial charge in [-0.05, 0) is 6.08 Å². The molecule has 0 aliphatic heterocycles. The van der Waals surface area contributed by atoms with Gasteiger partial charge in [-0.1, -0.05) is 11.6 Å². The summed E-state index contributed by atoms with van der Waals surface area (Å²) in [5.74, 6) is -4.29. The number of rotatable bonds is 6. The predicted molar refractivity (Wildman–Crippen MR) is 46.2 cm³/mol. The molecule has 0 spiro atoms. The Balaban J connectivity index is 4.50. The molecule has 0 saturated heterocycles. The van der Waals surface area contributed by atoms with Crippen molar-refractivity contribution in [2.45, 2.75) is 12.5 Å². The van der Waals surface area contributed by atoms with Gasteiger partial charge < -0.3 is 25.8 Å². The zero-order chi connectivity index (χ0) is 12.7. The third-order valence-corrected chi connectivity index (χ3v) is 1.63. The first-order chi connectivity index (χ1) is 7.38. The Morgan fingerprint density at radius 3 is 2.25 bits per heavy atom. The van der Waals surface area contributed by atoms with Crippen LogP contribution in [0.15, 0.2) is 24.0 Å². The highest BCUT2D eigenvalue weighted by Crippen LogP contribution is 2.03. The van der Waals surface area contributed by atoms with Gasteiger partial charge in [0, 0.05) is 6.42 Å². The molecular weight excluding hydrogens is 218 g/mol. The summed E-state index contributed by atoms with van der Waals surface area (Å²) in [6.07, 6.45) is 1.72. The molecule has 0 aromatic carbocycles. The van der Waals surface area contributed by atoms with Crippen molar-refractivity contribution in [3.05, 3.63) is 24.0 Å². The minimum atomic E-state index is -1.66. The number of carboxylic acids is 2.